The predicted octanol–water partition coefficient (Wildman–Crippen LogP) is 2.71. The van der Waals surface area contributed by atoms with Crippen molar-refractivity contribution in [3.63, 3.8) is 0 Å². The fraction of sp³-hybridized carbons (Fsp3) is 0.800. The number of carbonyl (C=O) groups is 1. The molecule has 3 aliphatic carbocycles. The highest BCUT2D eigenvalue weighted by atomic mass is 16.3. The van der Waals surface area contributed by atoms with Gasteiger partial charge in [-0.15, -0.1) is 0 Å². The van der Waals surface area contributed by atoms with Crippen LogP contribution >= 0.6 is 0 Å². The van der Waals surface area contributed by atoms with Gasteiger partial charge in [0.05, 0.1) is 6.10 Å². The normalized spacial score (nSPS) is 49.6. The van der Waals surface area contributed by atoms with Gasteiger partial charge in [0.2, 0.25) is 0 Å². The first-order valence-corrected chi connectivity index (χ1v) is 6.94. The van der Waals surface area contributed by atoms with E-state index in [1.807, 2.05) is 6.08 Å². The molecular weight excluding hydrogens is 212 g/mol. The van der Waals surface area contributed by atoms with Crippen LogP contribution < -0.4 is 0 Å². The zero-order valence-corrected chi connectivity index (χ0v) is 10.8. The van der Waals surface area contributed by atoms with Crippen LogP contribution in [0.4, 0.5) is 0 Å². The molecule has 0 amide bonds. The lowest BCUT2D eigenvalue weighted by Crippen LogP contribution is -2.42. The highest BCUT2D eigenvalue weighted by Gasteiger charge is 2.55. The van der Waals surface area contributed by atoms with E-state index >= 15 is 0 Å². The summed E-state index contributed by atoms with van der Waals surface area (Å²) in [6, 6.07) is 0. The van der Waals surface area contributed by atoms with E-state index in [4.69, 9.17) is 0 Å². The van der Waals surface area contributed by atoms with Gasteiger partial charge in [-0.25, -0.2) is 0 Å². The molecule has 5 atom stereocenters. The van der Waals surface area contributed by atoms with E-state index in [2.05, 4.69) is 13.8 Å². The van der Waals surface area contributed by atoms with Crippen molar-refractivity contribution >= 4 is 5.78 Å². The largest absolute Gasteiger partial charge is 0.392 e. The quantitative estimate of drug-likeness (QED) is 0.699. The molecule has 94 valence electrons. The lowest BCUT2D eigenvalue weighted by molar-refractivity contribution is -0.115. The standard InChI is InChI=1S/C15H22O2/c1-9-7-13-12-4-3-11(16)8-10(12)5-6-15(13,2)14(9)17/h8-9,12-14,17H,3-7H2,1-2H3/t9-,12?,13?,14?,15?/m0/s1. The van der Waals surface area contributed by atoms with E-state index in [9.17, 15) is 9.90 Å². The third kappa shape index (κ3) is 1.53. The van der Waals surface area contributed by atoms with Crippen LogP contribution in [0.3, 0.4) is 0 Å². The Bertz CT molecular complexity index is 384. The molecule has 3 aliphatic rings. The van der Waals surface area contributed by atoms with Crippen LogP contribution in [0.2, 0.25) is 0 Å². The van der Waals surface area contributed by atoms with E-state index < -0.39 is 0 Å². The summed E-state index contributed by atoms with van der Waals surface area (Å²) in [6.45, 7) is 4.44. The van der Waals surface area contributed by atoms with Crippen molar-refractivity contribution in [2.45, 2.75) is 52.1 Å². The van der Waals surface area contributed by atoms with E-state index in [1.165, 1.54) is 5.57 Å². The highest BCUT2D eigenvalue weighted by molar-refractivity contribution is 5.91. The number of aliphatic hydroxyl groups is 1. The zero-order chi connectivity index (χ0) is 12.2. The van der Waals surface area contributed by atoms with Gasteiger partial charge in [0.15, 0.2) is 5.78 Å². The van der Waals surface area contributed by atoms with Crippen molar-refractivity contribution in [2.75, 3.05) is 0 Å². The molecule has 0 radical (unpaired) electrons. The van der Waals surface area contributed by atoms with Gasteiger partial charge in [-0.05, 0) is 54.9 Å². The highest BCUT2D eigenvalue weighted by Crippen LogP contribution is 2.59. The lowest BCUT2D eigenvalue weighted by Gasteiger charge is -2.46. The molecule has 1 N–H and O–H groups in total. The summed E-state index contributed by atoms with van der Waals surface area (Å²) in [5, 5.41) is 10.4. The van der Waals surface area contributed by atoms with Crippen LogP contribution in [0, 0.1) is 23.2 Å². The molecule has 0 aromatic carbocycles. The summed E-state index contributed by atoms with van der Waals surface area (Å²) in [6.07, 6.45) is 6.70. The number of ketones is 1. The molecule has 2 saturated carbocycles. The van der Waals surface area contributed by atoms with Crippen molar-refractivity contribution in [2.24, 2.45) is 23.2 Å². The van der Waals surface area contributed by atoms with Gasteiger partial charge in [-0.3, -0.25) is 4.79 Å². The molecule has 4 unspecified atom stereocenters. The number of hydrogen-bond donors (Lipinski definition) is 1. The smallest absolute Gasteiger partial charge is 0.155 e. The Balaban J connectivity index is 1.95. The Morgan fingerprint density at radius 3 is 2.94 bits per heavy atom. The Morgan fingerprint density at radius 2 is 2.18 bits per heavy atom. The molecular formula is C15H22O2. The molecule has 17 heavy (non-hydrogen) atoms. The first-order valence-electron chi connectivity index (χ1n) is 6.94. The van der Waals surface area contributed by atoms with Crippen molar-refractivity contribution in [3.8, 4) is 0 Å². The monoisotopic (exact) mass is 234 g/mol. The summed E-state index contributed by atoms with van der Waals surface area (Å²) >= 11 is 0. The number of allylic oxidation sites excluding steroid dienone is 2. The van der Waals surface area contributed by atoms with Crippen molar-refractivity contribution in [3.05, 3.63) is 11.6 Å². The maximum absolute atomic E-state index is 11.5. The average molecular weight is 234 g/mol. The summed E-state index contributed by atoms with van der Waals surface area (Å²) in [4.78, 5) is 11.5. The van der Waals surface area contributed by atoms with Crippen LogP contribution in [0.5, 0.6) is 0 Å². The van der Waals surface area contributed by atoms with Crippen LogP contribution in [0.15, 0.2) is 11.6 Å². The van der Waals surface area contributed by atoms with E-state index in [0.717, 1.165) is 25.7 Å². The summed E-state index contributed by atoms with van der Waals surface area (Å²) in [7, 11) is 0. The van der Waals surface area contributed by atoms with Gasteiger partial charge >= 0.3 is 0 Å². The number of aliphatic hydroxyl groups excluding tert-OH is 1. The Labute approximate surface area is 103 Å². The maximum Gasteiger partial charge on any atom is 0.155 e. The summed E-state index contributed by atoms with van der Waals surface area (Å²) < 4.78 is 0. The van der Waals surface area contributed by atoms with Gasteiger partial charge in [0.25, 0.3) is 0 Å². The molecule has 0 spiro atoms. The van der Waals surface area contributed by atoms with E-state index in [-0.39, 0.29) is 11.5 Å². The van der Waals surface area contributed by atoms with Crippen molar-refractivity contribution < 1.29 is 9.90 Å². The molecule has 0 aliphatic heterocycles. The summed E-state index contributed by atoms with van der Waals surface area (Å²) in [5.41, 5.74) is 1.48. The zero-order valence-electron chi connectivity index (χ0n) is 10.8. The molecule has 2 fully saturated rings. The van der Waals surface area contributed by atoms with Crippen LogP contribution in [0.25, 0.3) is 0 Å². The van der Waals surface area contributed by atoms with Gasteiger partial charge in [0.1, 0.15) is 0 Å². The molecule has 2 nitrogen and oxygen atoms in total. The number of fused-ring (bicyclic) bond motifs is 3. The molecule has 0 heterocycles. The minimum absolute atomic E-state index is 0.0990. The van der Waals surface area contributed by atoms with Crippen molar-refractivity contribution in [1.29, 1.82) is 0 Å². The second kappa shape index (κ2) is 3.68. The maximum atomic E-state index is 11.5. The third-order valence-electron chi connectivity index (χ3n) is 5.65. The van der Waals surface area contributed by atoms with Crippen LogP contribution in [-0.2, 0) is 4.79 Å². The van der Waals surface area contributed by atoms with E-state index in [0.29, 0.717) is 30.0 Å². The van der Waals surface area contributed by atoms with Gasteiger partial charge in [0, 0.05) is 6.42 Å². The Morgan fingerprint density at radius 1 is 1.41 bits per heavy atom. The molecule has 0 saturated heterocycles. The summed E-state index contributed by atoms with van der Waals surface area (Å²) in [5.74, 6) is 1.90. The minimum atomic E-state index is -0.147. The average Bonchev–Trinajstić information content (AvgIpc) is 2.53. The Kier molecular flexibility index (Phi) is 2.48. The number of rotatable bonds is 0. The fourth-order valence-corrected chi connectivity index (χ4v) is 4.63. The lowest BCUT2D eigenvalue weighted by atomic mass is 9.59. The predicted molar refractivity (Wildman–Crippen MR) is 66.4 cm³/mol. The van der Waals surface area contributed by atoms with Gasteiger partial charge in [-0.2, -0.15) is 0 Å². The van der Waals surface area contributed by atoms with Gasteiger partial charge < -0.3 is 5.11 Å². The molecule has 2 heteroatoms. The fourth-order valence-electron chi connectivity index (χ4n) is 4.63. The minimum Gasteiger partial charge on any atom is -0.392 e. The molecule has 0 bridgehead atoms. The van der Waals surface area contributed by atoms with Crippen LogP contribution in [0.1, 0.15) is 46.0 Å². The molecule has 0 aromatic rings. The van der Waals surface area contributed by atoms with Crippen LogP contribution in [-0.4, -0.2) is 17.0 Å². The molecule has 3 rings (SSSR count). The second-order valence-electron chi connectivity index (χ2n) is 6.60. The second-order valence-corrected chi connectivity index (χ2v) is 6.60. The first kappa shape index (κ1) is 11.5. The SMILES string of the molecule is C[C@H]1CC2C3CCC(=O)C=C3CCC2(C)C1O. The van der Waals surface area contributed by atoms with E-state index in [1.54, 1.807) is 0 Å². The number of carbonyl (C=O) groups excluding carboxylic acids is 1. The third-order valence-corrected chi connectivity index (χ3v) is 5.65. The Hall–Kier alpha value is -0.630. The topological polar surface area (TPSA) is 37.3 Å². The van der Waals surface area contributed by atoms with Crippen molar-refractivity contribution in [1.82, 2.24) is 0 Å². The first-order chi connectivity index (χ1) is 8.02. The number of hydrogen-bond acceptors (Lipinski definition) is 2. The molecule has 0 aromatic heterocycles. The van der Waals surface area contributed by atoms with Gasteiger partial charge in [-0.1, -0.05) is 19.4 Å².